The lowest BCUT2D eigenvalue weighted by Crippen LogP contribution is -2.32. The van der Waals surface area contributed by atoms with E-state index in [9.17, 15) is 4.79 Å². The molecule has 0 fully saturated rings. The smallest absolute Gasteiger partial charge is 0.248 e. The number of carbonyl (C=O) groups is 1. The Morgan fingerprint density at radius 2 is 2.03 bits per heavy atom. The lowest BCUT2D eigenvalue weighted by Gasteiger charge is -2.28. The minimum Gasteiger partial charge on any atom is -0.497 e. The number of nitrogens with one attached hydrogen (secondary N) is 1. The maximum atomic E-state index is 12.4. The molecule has 1 aliphatic rings. The Morgan fingerprint density at radius 1 is 1.25 bits per heavy atom. The standard InChI is InChI=1S/C22H22ClN5O3S/c1-12-18(20(24)29)19(15-9-8-14(30-2)10-17(15)31-3)28-21(25-12)26-22(27-28)32-11-13-6-4-5-7-16(13)23/h4-10,19H,11H2,1-3H3,(H2,24,29)(H,25,26,27)/t19-/m0/s1. The van der Waals surface area contributed by atoms with Crippen LogP contribution in [0.5, 0.6) is 11.5 Å². The van der Waals surface area contributed by atoms with Crippen molar-refractivity contribution in [1.29, 1.82) is 0 Å². The van der Waals surface area contributed by atoms with Gasteiger partial charge in [0.15, 0.2) is 0 Å². The fourth-order valence-electron chi connectivity index (χ4n) is 3.60. The number of nitrogens with two attached hydrogens (primary N) is 1. The number of carbonyl (C=O) groups excluding carboxylic acids is 1. The van der Waals surface area contributed by atoms with Gasteiger partial charge < -0.3 is 20.5 Å². The summed E-state index contributed by atoms with van der Waals surface area (Å²) < 4.78 is 12.6. The Bertz CT molecular complexity index is 1210. The number of methoxy groups -OCH3 is 2. The molecule has 8 nitrogen and oxygen atoms in total. The van der Waals surface area contributed by atoms with Crippen LogP contribution in [0.4, 0.5) is 5.95 Å². The number of aromatic nitrogens is 3. The number of nitrogens with zero attached hydrogens (tertiary/aromatic N) is 3. The number of allylic oxidation sites excluding steroid dienone is 1. The summed E-state index contributed by atoms with van der Waals surface area (Å²) in [4.78, 5) is 17.0. The predicted octanol–water partition coefficient (Wildman–Crippen LogP) is 4.02. The lowest BCUT2D eigenvalue weighted by atomic mass is 9.94. The largest absolute Gasteiger partial charge is 0.497 e. The van der Waals surface area contributed by atoms with Gasteiger partial charge in [-0.25, -0.2) is 4.68 Å². The van der Waals surface area contributed by atoms with Gasteiger partial charge in [-0.05, 0) is 30.7 Å². The van der Waals surface area contributed by atoms with Crippen molar-refractivity contribution in [1.82, 2.24) is 14.8 Å². The Hall–Kier alpha value is -3.17. The van der Waals surface area contributed by atoms with Gasteiger partial charge in [0, 0.05) is 28.1 Å². The Balaban J connectivity index is 1.75. The highest BCUT2D eigenvalue weighted by Crippen LogP contribution is 2.41. The van der Waals surface area contributed by atoms with Gasteiger partial charge >= 0.3 is 0 Å². The number of hydrogen-bond acceptors (Lipinski definition) is 7. The Kier molecular flexibility index (Phi) is 6.29. The predicted molar refractivity (Wildman–Crippen MR) is 124 cm³/mol. The molecule has 3 N–H and O–H groups in total. The minimum absolute atomic E-state index is 0.383. The number of benzene rings is 2. The van der Waals surface area contributed by atoms with Gasteiger partial charge in [0.1, 0.15) is 17.5 Å². The molecule has 0 unspecified atom stereocenters. The first-order valence-corrected chi connectivity index (χ1v) is 11.1. The fourth-order valence-corrected chi connectivity index (χ4v) is 4.72. The van der Waals surface area contributed by atoms with E-state index in [0.29, 0.717) is 44.6 Å². The van der Waals surface area contributed by atoms with E-state index in [1.54, 1.807) is 38.0 Å². The molecule has 3 aromatic rings. The fraction of sp³-hybridized carbons (Fsp3) is 0.227. The zero-order valence-electron chi connectivity index (χ0n) is 17.8. The first kappa shape index (κ1) is 22.0. The molecule has 1 aliphatic heterocycles. The summed E-state index contributed by atoms with van der Waals surface area (Å²) in [7, 11) is 3.14. The molecule has 166 valence electrons. The number of thioether (sulfide) groups is 1. The number of rotatable bonds is 7. The SMILES string of the molecule is COc1ccc([C@H]2C(C(N)=O)=C(C)Nc3nc(SCc4ccccc4Cl)nn32)c(OC)c1. The molecule has 0 saturated heterocycles. The van der Waals surface area contributed by atoms with Crippen LogP contribution in [0.1, 0.15) is 24.1 Å². The number of halogens is 1. The molecule has 0 saturated carbocycles. The van der Waals surface area contributed by atoms with E-state index in [4.69, 9.17) is 26.8 Å². The van der Waals surface area contributed by atoms with Gasteiger partial charge in [-0.3, -0.25) is 4.79 Å². The van der Waals surface area contributed by atoms with E-state index >= 15 is 0 Å². The van der Waals surface area contributed by atoms with Crippen molar-refractivity contribution in [2.75, 3.05) is 19.5 Å². The van der Waals surface area contributed by atoms with Crippen LogP contribution in [0.15, 0.2) is 58.9 Å². The van der Waals surface area contributed by atoms with Gasteiger partial charge in [0.25, 0.3) is 0 Å². The van der Waals surface area contributed by atoms with Crippen LogP contribution in [-0.2, 0) is 10.5 Å². The second-order valence-corrected chi connectivity index (χ2v) is 8.43. The number of ether oxygens (including phenoxy) is 2. The first-order chi connectivity index (χ1) is 15.4. The van der Waals surface area contributed by atoms with Crippen molar-refractivity contribution in [3.8, 4) is 11.5 Å². The van der Waals surface area contributed by atoms with E-state index in [1.807, 2.05) is 30.3 Å². The third-order valence-electron chi connectivity index (χ3n) is 5.15. The van der Waals surface area contributed by atoms with Crippen LogP contribution >= 0.6 is 23.4 Å². The lowest BCUT2D eigenvalue weighted by molar-refractivity contribution is -0.115. The van der Waals surface area contributed by atoms with Crippen molar-refractivity contribution >= 4 is 35.2 Å². The zero-order valence-corrected chi connectivity index (χ0v) is 19.3. The zero-order chi connectivity index (χ0) is 22.8. The Morgan fingerprint density at radius 3 is 2.72 bits per heavy atom. The van der Waals surface area contributed by atoms with E-state index in [0.717, 1.165) is 11.1 Å². The van der Waals surface area contributed by atoms with Crippen LogP contribution in [0.2, 0.25) is 5.02 Å². The quantitative estimate of drug-likeness (QED) is 0.501. The number of hydrogen-bond donors (Lipinski definition) is 2. The molecule has 1 aromatic heterocycles. The highest BCUT2D eigenvalue weighted by atomic mass is 35.5. The molecule has 10 heteroatoms. The summed E-state index contributed by atoms with van der Waals surface area (Å²) in [5, 5.41) is 9.05. The van der Waals surface area contributed by atoms with E-state index < -0.39 is 11.9 Å². The topological polar surface area (TPSA) is 104 Å². The second-order valence-electron chi connectivity index (χ2n) is 7.08. The summed E-state index contributed by atoms with van der Waals surface area (Å²) in [6.45, 7) is 1.79. The molecule has 32 heavy (non-hydrogen) atoms. The molecule has 0 radical (unpaired) electrons. The summed E-state index contributed by atoms with van der Waals surface area (Å²) in [6, 6.07) is 12.4. The van der Waals surface area contributed by atoms with Crippen molar-refractivity contribution < 1.29 is 14.3 Å². The van der Waals surface area contributed by atoms with Gasteiger partial charge in [-0.15, -0.1) is 5.10 Å². The maximum Gasteiger partial charge on any atom is 0.248 e. The molecular weight excluding hydrogens is 450 g/mol. The summed E-state index contributed by atoms with van der Waals surface area (Å²) in [6.07, 6.45) is 0. The van der Waals surface area contributed by atoms with E-state index in [2.05, 4.69) is 15.4 Å². The molecule has 0 aliphatic carbocycles. The van der Waals surface area contributed by atoms with E-state index in [-0.39, 0.29) is 0 Å². The van der Waals surface area contributed by atoms with Crippen LogP contribution in [0.3, 0.4) is 0 Å². The molecular formula is C22H22ClN5O3S. The third-order valence-corrected chi connectivity index (χ3v) is 6.40. The summed E-state index contributed by atoms with van der Waals surface area (Å²) >= 11 is 7.72. The summed E-state index contributed by atoms with van der Waals surface area (Å²) in [5.41, 5.74) is 8.47. The monoisotopic (exact) mass is 471 g/mol. The van der Waals surface area contributed by atoms with Crippen LogP contribution in [0, 0.1) is 0 Å². The third kappa shape index (κ3) is 4.13. The average Bonchev–Trinajstić information content (AvgIpc) is 3.19. The average molecular weight is 472 g/mol. The van der Waals surface area contributed by atoms with Crippen LogP contribution in [0.25, 0.3) is 0 Å². The van der Waals surface area contributed by atoms with E-state index in [1.165, 1.54) is 11.8 Å². The summed E-state index contributed by atoms with van der Waals surface area (Å²) in [5.74, 6) is 1.75. The minimum atomic E-state index is -0.605. The van der Waals surface area contributed by atoms with Crippen molar-refractivity contribution in [3.05, 3.63) is 69.9 Å². The normalized spacial score (nSPS) is 15.2. The van der Waals surface area contributed by atoms with Gasteiger partial charge in [-0.1, -0.05) is 41.6 Å². The van der Waals surface area contributed by atoms with Crippen molar-refractivity contribution in [2.24, 2.45) is 5.73 Å². The van der Waals surface area contributed by atoms with Crippen LogP contribution in [-0.4, -0.2) is 34.9 Å². The van der Waals surface area contributed by atoms with Gasteiger partial charge in [0.05, 0.1) is 19.8 Å². The molecule has 0 bridgehead atoms. The number of amides is 1. The van der Waals surface area contributed by atoms with Crippen LogP contribution < -0.4 is 20.5 Å². The molecule has 0 spiro atoms. The molecule has 1 amide bonds. The van der Waals surface area contributed by atoms with Crippen molar-refractivity contribution in [2.45, 2.75) is 23.9 Å². The van der Waals surface area contributed by atoms with Crippen molar-refractivity contribution in [3.63, 3.8) is 0 Å². The number of primary amides is 1. The maximum absolute atomic E-state index is 12.4. The molecule has 4 rings (SSSR count). The highest BCUT2D eigenvalue weighted by molar-refractivity contribution is 7.98. The molecule has 1 atom stereocenters. The number of fused-ring (bicyclic) bond motifs is 1. The number of anilines is 1. The highest BCUT2D eigenvalue weighted by Gasteiger charge is 2.35. The molecule has 2 aromatic carbocycles. The second kappa shape index (κ2) is 9.13. The van der Waals surface area contributed by atoms with Gasteiger partial charge in [-0.2, -0.15) is 4.98 Å². The first-order valence-electron chi connectivity index (χ1n) is 9.75. The molecule has 2 heterocycles. The van der Waals surface area contributed by atoms with Gasteiger partial charge in [0.2, 0.25) is 17.0 Å². The Labute approximate surface area is 194 Å².